The van der Waals surface area contributed by atoms with Crippen molar-refractivity contribution in [2.45, 2.75) is 20.0 Å². The molecule has 3 heterocycles. The lowest BCUT2D eigenvalue weighted by Crippen LogP contribution is -2.33. The zero-order valence-corrected chi connectivity index (χ0v) is 13.8. The van der Waals surface area contributed by atoms with Crippen LogP contribution in [0.2, 0.25) is 0 Å². The predicted octanol–water partition coefficient (Wildman–Crippen LogP) is 1.33. The topological polar surface area (TPSA) is 76.5 Å². The van der Waals surface area contributed by atoms with Gasteiger partial charge in [-0.3, -0.25) is 19.4 Å². The van der Waals surface area contributed by atoms with Crippen LogP contribution in [0.3, 0.4) is 0 Å². The fourth-order valence-corrected chi connectivity index (χ4v) is 3.51. The number of likely N-dealkylation sites (N-methyl/N-ethyl adjacent to an activating group) is 1. The fraction of sp³-hybridized carbons (Fsp3) is 0.389. The molecule has 0 fully saturated rings. The summed E-state index contributed by atoms with van der Waals surface area (Å²) in [4.78, 5) is 18.8. The second kappa shape index (κ2) is 5.96. The summed E-state index contributed by atoms with van der Waals surface area (Å²) in [6.45, 7) is 6.62. The maximum absolute atomic E-state index is 12.1. The molecular weight excluding hydrogens is 302 g/mol. The van der Waals surface area contributed by atoms with E-state index in [0.717, 1.165) is 54.1 Å². The molecule has 0 unspecified atom stereocenters. The highest BCUT2D eigenvalue weighted by Crippen LogP contribution is 2.29. The highest BCUT2D eigenvalue weighted by atomic mass is 16.1. The molecule has 1 aromatic heterocycles. The molecule has 6 heteroatoms. The Morgan fingerprint density at radius 2 is 2.08 bits per heavy atom. The van der Waals surface area contributed by atoms with Crippen molar-refractivity contribution >= 4 is 11.5 Å². The first-order valence-electron chi connectivity index (χ1n) is 8.39. The first kappa shape index (κ1) is 15.2. The second-order valence-electron chi connectivity index (χ2n) is 6.25. The lowest BCUT2D eigenvalue weighted by Gasteiger charge is -2.27. The van der Waals surface area contributed by atoms with Gasteiger partial charge in [0.15, 0.2) is 5.78 Å². The van der Waals surface area contributed by atoms with E-state index in [1.165, 1.54) is 5.69 Å². The van der Waals surface area contributed by atoms with Gasteiger partial charge in [-0.25, -0.2) is 0 Å². The predicted molar refractivity (Wildman–Crippen MR) is 93.4 cm³/mol. The van der Waals surface area contributed by atoms with Crippen molar-refractivity contribution in [1.29, 1.82) is 0 Å². The Kier molecular flexibility index (Phi) is 3.78. The SMILES string of the molecule is CCN1CCn2ncc(-c3ccc4c(c3)C(CN)=NCC4=O)c2C1. The molecule has 4 rings (SSSR count). The monoisotopic (exact) mass is 323 g/mol. The van der Waals surface area contributed by atoms with Crippen LogP contribution in [0.15, 0.2) is 29.4 Å². The third-order valence-electron chi connectivity index (χ3n) is 4.95. The van der Waals surface area contributed by atoms with Crippen molar-refractivity contribution in [3.8, 4) is 11.1 Å². The molecule has 0 saturated carbocycles. The van der Waals surface area contributed by atoms with E-state index >= 15 is 0 Å². The summed E-state index contributed by atoms with van der Waals surface area (Å²) in [5, 5.41) is 4.54. The van der Waals surface area contributed by atoms with Crippen LogP contribution < -0.4 is 5.73 Å². The van der Waals surface area contributed by atoms with Gasteiger partial charge in [0.2, 0.25) is 0 Å². The van der Waals surface area contributed by atoms with E-state index in [9.17, 15) is 4.79 Å². The van der Waals surface area contributed by atoms with Gasteiger partial charge in [-0.05, 0) is 18.2 Å². The molecule has 0 saturated heterocycles. The molecule has 0 atom stereocenters. The van der Waals surface area contributed by atoms with E-state index in [-0.39, 0.29) is 12.3 Å². The van der Waals surface area contributed by atoms with E-state index in [1.54, 1.807) is 0 Å². The molecule has 0 radical (unpaired) electrons. The maximum atomic E-state index is 12.1. The molecule has 0 amide bonds. The number of hydrogen-bond acceptors (Lipinski definition) is 5. The Bertz CT molecular complexity index is 836. The molecule has 2 N–H and O–H groups in total. The van der Waals surface area contributed by atoms with Gasteiger partial charge in [0.05, 0.1) is 24.1 Å². The number of nitrogens with zero attached hydrogens (tertiary/aromatic N) is 4. The molecule has 24 heavy (non-hydrogen) atoms. The number of ketones is 1. The second-order valence-corrected chi connectivity index (χ2v) is 6.25. The Morgan fingerprint density at radius 1 is 1.21 bits per heavy atom. The van der Waals surface area contributed by atoms with E-state index in [1.807, 2.05) is 24.4 Å². The molecule has 6 nitrogen and oxygen atoms in total. The van der Waals surface area contributed by atoms with Gasteiger partial charge in [-0.2, -0.15) is 5.10 Å². The van der Waals surface area contributed by atoms with Crippen LogP contribution in [0, 0.1) is 0 Å². The van der Waals surface area contributed by atoms with Crippen LogP contribution in [0.5, 0.6) is 0 Å². The number of hydrogen-bond donors (Lipinski definition) is 1. The van der Waals surface area contributed by atoms with Crippen LogP contribution in [-0.2, 0) is 13.1 Å². The highest BCUT2D eigenvalue weighted by molar-refractivity contribution is 6.16. The Morgan fingerprint density at radius 3 is 2.88 bits per heavy atom. The number of Topliss-reactive ketones (excluding diaryl/α,β-unsaturated/α-hetero) is 1. The van der Waals surface area contributed by atoms with Gasteiger partial charge in [-0.15, -0.1) is 0 Å². The standard InChI is InChI=1S/C18H21N5O/c1-2-22-5-6-23-17(11-22)15(9-21-23)12-3-4-13-14(7-12)16(8-19)20-10-18(13)24/h3-4,7,9H,2,5-6,8,10-11,19H2,1H3. The molecule has 0 bridgehead atoms. The number of fused-ring (bicyclic) bond motifs is 2. The minimum absolute atomic E-state index is 0.0583. The fourth-order valence-electron chi connectivity index (χ4n) is 3.51. The van der Waals surface area contributed by atoms with Crippen LogP contribution in [0.1, 0.15) is 28.5 Å². The van der Waals surface area contributed by atoms with Gasteiger partial charge in [-0.1, -0.05) is 19.1 Å². The van der Waals surface area contributed by atoms with Gasteiger partial charge >= 0.3 is 0 Å². The van der Waals surface area contributed by atoms with Crippen molar-refractivity contribution < 1.29 is 4.79 Å². The number of carbonyl (C=O) groups excluding carboxylic acids is 1. The van der Waals surface area contributed by atoms with Crippen molar-refractivity contribution in [2.24, 2.45) is 10.7 Å². The summed E-state index contributed by atoms with van der Waals surface area (Å²) >= 11 is 0. The van der Waals surface area contributed by atoms with Crippen LogP contribution in [-0.4, -0.2) is 52.4 Å². The first-order chi connectivity index (χ1) is 11.7. The summed E-state index contributed by atoms with van der Waals surface area (Å²) in [7, 11) is 0. The summed E-state index contributed by atoms with van der Waals surface area (Å²) in [6.07, 6.45) is 1.93. The highest BCUT2D eigenvalue weighted by Gasteiger charge is 2.23. The largest absolute Gasteiger partial charge is 0.325 e. The number of aliphatic imine (C=N–C) groups is 1. The first-order valence-corrected chi connectivity index (χ1v) is 8.39. The smallest absolute Gasteiger partial charge is 0.184 e. The van der Waals surface area contributed by atoms with Crippen molar-refractivity contribution in [3.63, 3.8) is 0 Å². The molecule has 0 spiro atoms. The summed E-state index contributed by atoms with van der Waals surface area (Å²) in [6, 6.07) is 5.96. The Hall–Kier alpha value is -2.31. The Balaban J connectivity index is 1.79. The summed E-state index contributed by atoms with van der Waals surface area (Å²) in [5.74, 6) is 0.0583. The Labute approximate surface area is 141 Å². The average molecular weight is 323 g/mol. The van der Waals surface area contributed by atoms with Gasteiger partial charge in [0.25, 0.3) is 0 Å². The minimum atomic E-state index is 0.0583. The van der Waals surface area contributed by atoms with E-state index in [2.05, 4.69) is 26.6 Å². The molecule has 2 aliphatic heterocycles. The number of nitrogens with two attached hydrogens (primary N) is 1. The molecule has 124 valence electrons. The number of aromatic nitrogens is 2. The van der Waals surface area contributed by atoms with Gasteiger partial charge < -0.3 is 5.73 Å². The lowest BCUT2D eigenvalue weighted by molar-refractivity contribution is 0.1000. The average Bonchev–Trinajstić information content (AvgIpc) is 3.04. The van der Waals surface area contributed by atoms with E-state index < -0.39 is 0 Å². The van der Waals surface area contributed by atoms with Crippen molar-refractivity contribution in [2.75, 3.05) is 26.2 Å². The van der Waals surface area contributed by atoms with Crippen LogP contribution >= 0.6 is 0 Å². The molecule has 2 aliphatic rings. The quantitative estimate of drug-likeness (QED) is 0.924. The number of benzene rings is 1. The lowest BCUT2D eigenvalue weighted by atomic mass is 9.92. The third-order valence-corrected chi connectivity index (χ3v) is 4.95. The maximum Gasteiger partial charge on any atom is 0.184 e. The third kappa shape index (κ3) is 2.39. The normalized spacial score (nSPS) is 17.4. The molecule has 2 aromatic rings. The van der Waals surface area contributed by atoms with Crippen molar-refractivity contribution in [1.82, 2.24) is 14.7 Å². The van der Waals surface area contributed by atoms with Crippen LogP contribution in [0.25, 0.3) is 11.1 Å². The zero-order chi connectivity index (χ0) is 16.7. The summed E-state index contributed by atoms with van der Waals surface area (Å²) in [5.41, 5.74) is 11.7. The van der Waals surface area contributed by atoms with Crippen molar-refractivity contribution in [3.05, 3.63) is 41.2 Å². The van der Waals surface area contributed by atoms with E-state index in [4.69, 9.17) is 5.73 Å². The van der Waals surface area contributed by atoms with Gasteiger partial charge in [0, 0.05) is 36.3 Å². The summed E-state index contributed by atoms with van der Waals surface area (Å²) < 4.78 is 2.09. The van der Waals surface area contributed by atoms with Gasteiger partial charge in [0.1, 0.15) is 6.54 Å². The minimum Gasteiger partial charge on any atom is -0.325 e. The molecule has 0 aliphatic carbocycles. The molecule has 1 aromatic carbocycles. The number of rotatable bonds is 3. The zero-order valence-electron chi connectivity index (χ0n) is 13.8. The molecular formula is C18H21N5O. The van der Waals surface area contributed by atoms with Crippen LogP contribution in [0.4, 0.5) is 0 Å². The number of carbonyl (C=O) groups is 1. The van der Waals surface area contributed by atoms with E-state index in [0.29, 0.717) is 6.54 Å².